The molecule has 0 aliphatic rings. The number of aliphatic hydroxyl groups excluding tert-OH is 1. The summed E-state index contributed by atoms with van der Waals surface area (Å²) in [5, 5.41) is 13.6. The van der Waals surface area contributed by atoms with E-state index < -0.39 is 0 Å². The molecule has 1 rings (SSSR count). The molecule has 2 N–H and O–H groups in total. The van der Waals surface area contributed by atoms with Gasteiger partial charge in [-0.05, 0) is 30.0 Å². The molecule has 0 fully saturated rings. The maximum absolute atomic E-state index is 9.66. The second-order valence-corrected chi connectivity index (χ2v) is 4.98. The zero-order valence-electron chi connectivity index (χ0n) is 10.3. The van der Waals surface area contributed by atoms with E-state index in [-0.39, 0.29) is 18.5 Å². The van der Waals surface area contributed by atoms with Crippen molar-refractivity contribution in [1.29, 1.82) is 0 Å². The predicted molar refractivity (Wildman–Crippen MR) is 75.9 cm³/mol. The molecule has 1 unspecified atom stereocenters. The number of benzene rings is 1. The van der Waals surface area contributed by atoms with Crippen LogP contribution in [0.2, 0.25) is 5.02 Å². The van der Waals surface area contributed by atoms with Crippen molar-refractivity contribution in [3.8, 4) is 0 Å². The minimum atomic E-state index is -0.257. The molecule has 0 spiro atoms. The van der Waals surface area contributed by atoms with E-state index in [1.807, 2.05) is 24.3 Å². The van der Waals surface area contributed by atoms with Crippen LogP contribution in [0.25, 0.3) is 0 Å². The molecule has 98 valence electrons. The number of rotatable bonds is 6. The lowest BCUT2D eigenvalue weighted by molar-refractivity contribution is 0.146. The molecule has 2 nitrogen and oxygen atoms in total. The lowest BCUT2D eigenvalue weighted by Gasteiger charge is -2.13. The fraction of sp³-hybridized carbons (Fsp3) is 0.538. The lowest BCUT2D eigenvalue weighted by Crippen LogP contribution is -2.27. The third-order valence-electron chi connectivity index (χ3n) is 2.37. The topological polar surface area (TPSA) is 32.3 Å². The number of hydrogen-bond acceptors (Lipinski definition) is 2. The molecule has 1 aromatic rings. The Morgan fingerprint density at radius 1 is 1.24 bits per heavy atom. The van der Waals surface area contributed by atoms with Gasteiger partial charge in [0, 0.05) is 18.1 Å². The quantitative estimate of drug-likeness (QED) is 0.837. The van der Waals surface area contributed by atoms with Crippen LogP contribution >= 0.6 is 24.0 Å². The summed E-state index contributed by atoms with van der Waals surface area (Å²) < 4.78 is 0. The van der Waals surface area contributed by atoms with Gasteiger partial charge < -0.3 is 10.4 Å². The van der Waals surface area contributed by atoms with E-state index in [0.717, 1.165) is 18.0 Å². The van der Waals surface area contributed by atoms with Gasteiger partial charge in [0.1, 0.15) is 0 Å². The van der Waals surface area contributed by atoms with Crippen LogP contribution in [-0.4, -0.2) is 17.8 Å². The van der Waals surface area contributed by atoms with Crippen molar-refractivity contribution in [3.63, 3.8) is 0 Å². The zero-order valence-corrected chi connectivity index (χ0v) is 11.9. The van der Waals surface area contributed by atoms with Crippen LogP contribution in [0, 0.1) is 5.92 Å². The summed E-state index contributed by atoms with van der Waals surface area (Å²) in [6, 6.07) is 7.74. The second kappa shape index (κ2) is 8.76. The molecule has 0 heterocycles. The van der Waals surface area contributed by atoms with Crippen molar-refractivity contribution in [2.45, 2.75) is 32.9 Å². The first-order valence-corrected chi connectivity index (χ1v) is 6.09. The summed E-state index contributed by atoms with van der Waals surface area (Å²) in [6.45, 7) is 5.64. The standard InChI is InChI=1S/C13H20ClNO.ClH/c1-10(2)7-13(16)9-15-8-11-3-5-12(14)6-4-11;/h3-6,10,13,15-16H,7-9H2,1-2H3;1H. The number of halogens is 2. The lowest BCUT2D eigenvalue weighted by atomic mass is 10.1. The Hall–Kier alpha value is -0.280. The smallest absolute Gasteiger partial charge is 0.0667 e. The van der Waals surface area contributed by atoms with Crippen molar-refractivity contribution < 1.29 is 5.11 Å². The second-order valence-electron chi connectivity index (χ2n) is 4.54. The van der Waals surface area contributed by atoms with E-state index in [1.54, 1.807) is 0 Å². The SMILES string of the molecule is CC(C)CC(O)CNCc1ccc(Cl)cc1.Cl. The van der Waals surface area contributed by atoms with Gasteiger partial charge >= 0.3 is 0 Å². The Labute approximate surface area is 115 Å². The van der Waals surface area contributed by atoms with Gasteiger partial charge in [0.25, 0.3) is 0 Å². The number of hydrogen-bond donors (Lipinski definition) is 2. The van der Waals surface area contributed by atoms with Crippen LogP contribution in [0.4, 0.5) is 0 Å². The molecule has 4 heteroatoms. The van der Waals surface area contributed by atoms with Crippen LogP contribution in [-0.2, 0) is 6.54 Å². The van der Waals surface area contributed by atoms with Gasteiger partial charge in [-0.15, -0.1) is 12.4 Å². The first kappa shape index (κ1) is 16.7. The van der Waals surface area contributed by atoms with Crippen LogP contribution in [0.3, 0.4) is 0 Å². The Balaban J connectivity index is 0.00000256. The fourth-order valence-corrected chi connectivity index (χ4v) is 1.74. The van der Waals surface area contributed by atoms with E-state index in [4.69, 9.17) is 11.6 Å². The highest BCUT2D eigenvalue weighted by molar-refractivity contribution is 6.30. The average molecular weight is 278 g/mol. The van der Waals surface area contributed by atoms with Gasteiger partial charge in [-0.2, -0.15) is 0 Å². The molecule has 0 bridgehead atoms. The van der Waals surface area contributed by atoms with Crippen molar-refractivity contribution in [3.05, 3.63) is 34.9 Å². The summed E-state index contributed by atoms with van der Waals surface area (Å²) in [6.07, 6.45) is 0.584. The molecule has 0 aromatic heterocycles. The molecule has 0 saturated carbocycles. The molecule has 17 heavy (non-hydrogen) atoms. The minimum Gasteiger partial charge on any atom is -0.392 e. The molecule has 0 radical (unpaired) electrons. The summed E-state index contributed by atoms with van der Waals surface area (Å²) in [5.41, 5.74) is 1.18. The predicted octanol–water partition coefficient (Wildman–Crippen LogP) is 3.26. The van der Waals surface area contributed by atoms with Crippen LogP contribution in [0.15, 0.2) is 24.3 Å². The molecular formula is C13H21Cl2NO. The van der Waals surface area contributed by atoms with Gasteiger partial charge in [0.05, 0.1) is 6.10 Å². The van der Waals surface area contributed by atoms with Gasteiger partial charge in [-0.25, -0.2) is 0 Å². The zero-order chi connectivity index (χ0) is 12.0. The molecule has 0 saturated heterocycles. The number of aliphatic hydroxyl groups is 1. The van der Waals surface area contributed by atoms with Gasteiger partial charge in [0.15, 0.2) is 0 Å². The highest BCUT2D eigenvalue weighted by Gasteiger charge is 2.05. The van der Waals surface area contributed by atoms with Crippen molar-refractivity contribution in [2.75, 3.05) is 6.54 Å². The summed E-state index contributed by atoms with van der Waals surface area (Å²) in [5.74, 6) is 0.535. The summed E-state index contributed by atoms with van der Waals surface area (Å²) in [7, 11) is 0. The fourth-order valence-electron chi connectivity index (χ4n) is 1.61. The molecule has 1 atom stereocenters. The van der Waals surface area contributed by atoms with E-state index in [2.05, 4.69) is 19.2 Å². The molecule has 1 aromatic carbocycles. The van der Waals surface area contributed by atoms with Crippen LogP contribution < -0.4 is 5.32 Å². The third-order valence-corrected chi connectivity index (χ3v) is 2.62. The Morgan fingerprint density at radius 3 is 2.35 bits per heavy atom. The van der Waals surface area contributed by atoms with E-state index in [1.165, 1.54) is 5.56 Å². The van der Waals surface area contributed by atoms with Crippen molar-refractivity contribution >= 4 is 24.0 Å². The summed E-state index contributed by atoms with van der Waals surface area (Å²) in [4.78, 5) is 0. The highest BCUT2D eigenvalue weighted by Crippen LogP contribution is 2.09. The molecule has 0 aliphatic heterocycles. The van der Waals surface area contributed by atoms with Crippen molar-refractivity contribution in [1.82, 2.24) is 5.32 Å². The van der Waals surface area contributed by atoms with Crippen molar-refractivity contribution in [2.24, 2.45) is 5.92 Å². The first-order chi connectivity index (χ1) is 7.58. The van der Waals surface area contributed by atoms with Gasteiger partial charge in [-0.3, -0.25) is 0 Å². The van der Waals surface area contributed by atoms with E-state index in [0.29, 0.717) is 12.5 Å². The summed E-state index contributed by atoms with van der Waals surface area (Å²) >= 11 is 5.79. The highest BCUT2D eigenvalue weighted by atomic mass is 35.5. The maximum Gasteiger partial charge on any atom is 0.0667 e. The van der Waals surface area contributed by atoms with Gasteiger partial charge in [-0.1, -0.05) is 37.6 Å². The monoisotopic (exact) mass is 277 g/mol. The first-order valence-electron chi connectivity index (χ1n) is 5.71. The maximum atomic E-state index is 9.66. The van der Waals surface area contributed by atoms with Gasteiger partial charge in [0.2, 0.25) is 0 Å². The Morgan fingerprint density at radius 2 is 1.82 bits per heavy atom. The average Bonchev–Trinajstić information content (AvgIpc) is 2.20. The van der Waals surface area contributed by atoms with E-state index in [9.17, 15) is 5.11 Å². The van der Waals surface area contributed by atoms with Crippen LogP contribution in [0.1, 0.15) is 25.8 Å². The Bertz CT molecular complexity index is 301. The molecule has 0 aliphatic carbocycles. The van der Waals surface area contributed by atoms with Crippen LogP contribution in [0.5, 0.6) is 0 Å². The number of nitrogens with one attached hydrogen (secondary N) is 1. The molecular weight excluding hydrogens is 257 g/mol. The largest absolute Gasteiger partial charge is 0.392 e. The molecule has 0 amide bonds. The third kappa shape index (κ3) is 7.61. The Kier molecular flexibility index (Phi) is 8.61. The normalized spacial score (nSPS) is 12.3. The minimum absolute atomic E-state index is 0. The van der Waals surface area contributed by atoms with E-state index >= 15 is 0 Å².